The third-order valence-electron chi connectivity index (χ3n) is 5.07. The molecular weight excluding hydrogens is 536 g/mol. The minimum Gasteiger partial charge on any atom is -0.744 e. The van der Waals surface area contributed by atoms with Crippen LogP contribution in [0.25, 0.3) is 22.9 Å². The van der Waals surface area contributed by atoms with Crippen LogP contribution >= 0.6 is 0 Å². The van der Waals surface area contributed by atoms with Gasteiger partial charge in [-0.15, -0.1) is 5.11 Å². The molecule has 0 aliphatic rings. The molecule has 4 rings (SSSR count). The Balaban J connectivity index is 0.00000241. The van der Waals surface area contributed by atoms with Gasteiger partial charge in [0.15, 0.2) is 0 Å². The van der Waals surface area contributed by atoms with Gasteiger partial charge in [-0.2, -0.15) is 5.11 Å². The van der Waals surface area contributed by atoms with Crippen molar-refractivity contribution in [2.45, 2.75) is 9.79 Å². The second-order valence-electron chi connectivity index (χ2n) is 7.46. The predicted molar refractivity (Wildman–Crippen MR) is 130 cm³/mol. The normalized spacial score (nSPS) is 11.9. The maximum absolute atomic E-state index is 11.9. The van der Waals surface area contributed by atoms with Gasteiger partial charge in [0.1, 0.15) is 25.9 Å². The maximum atomic E-state index is 11.9. The van der Waals surface area contributed by atoms with Gasteiger partial charge in [-0.3, -0.25) is 0 Å². The summed E-state index contributed by atoms with van der Waals surface area (Å²) in [5.41, 5.74) is 7.52. The van der Waals surface area contributed by atoms with E-state index in [2.05, 4.69) is 10.2 Å². The zero-order chi connectivity index (χ0) is 25.2. The average molecular weight is 554 g/mol. The van der Waals surface area contributed by atoms with Crippen molar-refractivity contribution in [3.8, 4) is 0 Å². The van der Waals surface area contributed by atoms with Crippen LogP contribution in [0.3, 0.4) is 0 Å². The third kappa shape index (κ3) is 7.80. The topological polar surface area (TPSA) is 165 Å². The van der Waals surface area contributed by atoms with Crippen molar-refractivity contribution >= 4 is 60.2 Å². The summed E-state index contributed by atoms with van der Waals surface area (Å²) in [5, 5.41) is 8.96. The van der Waals surface area contributed by atoms with Gasteiger partial charge >= 0.3 is 59.1 Å². The van der Waals surface area contributed by atoms with Crippen molar-refractivity contribution in [2.75, 3.05) is 5.73 Å². The Kier molecular flexibility index (Phi) is 10.8. The predicted octanol–water partition coefficient (Wildman–Crippen LogP) is -1.18. The van der Waals surface area contributed by atoms with Crippen molar-refractivity contribution in [3.05, 3.63) is 90.0 Å². The van der Waals surface area contributed by atoms with Crippen molar-refractivity contribution in [1.29, 1.82) is 0 Å². The minimum atomic E-state index is -4.82. The molecular formula is C24H17N3Na2O6S2. The Hall–Kier alpha value is -1.90. The number of fused-ring (bicyclic) bond motifs is 1. The summed E-state index contributed by atoms with van der Waals surface area (Å²) in [6.45, 7) is 0. The van der Waals surface area contributed by atoms with Crippen molar-refractivity contribution in [3.63, 3.8) is 0 Å². The molecule has 4 aromatic carbocycles. The summed E-state index contributed by atoms with van der Waals surface area (Å²) in [4.78, 5) is -0.862. The quantitative estimate of drug-likeness (QED) is 0.103. The summed E-state index contributed by atoms with van der Waals surface area (Å²) in [6.07, 6.45) is 3.20. The van der Waals surface area contributed by atoms with E-state index in [-0.39, 0.29) is 81.7 Å². The van der Waals surface area contributed by atoms with Crippen LogP contribution in [0, 0.1) is 0 Å². The molecule has 0 heterocycles. The number of hydrogen-bond donors (Lipinski definition) is 1. The Morgan fingerprint density at radius 3 is 2.08 bits per heavy atom. The van der Waals surface area contributed by atoms with Gasteiger partial charge in [-0.25, -0.2) is 16.8 Å². The van der Waals surface area contributed by atoms with Crippen LogP contribution in [0.4, 0.5) is 17.1 Å². The van der Waals surface area contributed by atoms with Crippen LogP contribution in [0.2, 0.25) is 0 Å². The summed E-state index contributed by atoms with van der Waals surface area (Å²) in [6, 6.07) is 19.9. The number of nitrogen functional groups attached to an aromatic ring is 1. The van der Waals surface area contributed by atoms with Gasteiger partial charge in [0.2, 0.25) is 0 Å². The molecule has 4 aromatic rings. The van der Waals surface area contributed by atoms with Gasteiger partial charge in [0, 0.05) is 5.39 Å². The fourth-order valence-corrected chi connectivity index (χ4v) is 4.57. The molecule has 0 saturated heterocycles. The number of hydrogen-bond acceptors (Lipinski definition) is 9. The van der Waals surface area contributed by atoms with Crippen LogP contribution in [0.5, 0.6) is 0 Å². The van der Waals surface area contributed by atoms with Crippen LogP contribution in [-0.2, 0) is 20.2 Å². The van der Waals surface area contributed by atoms with Gasteiger partial charge in [0.05, 0.1) is 21.2 Å². The molecule has 0 bridgehead atoms. The second-order valence-corrected chi connectivity index (χ2v) is 10.2. The molecule has 0 atom stereocenters. The molecule has 9 nitrogen and oxygen atoms in total. The second kappa shape index (κ2) is 12.8. The van der Waals surface area contributed by atoms with Crippen LogP contribution in [0.15, 0.2) is 98.9 Å². The zero-order valence-corrected chi connectivity index (χ0v) is 25.5. The van der Waals surface area contributed by atoms with Gasteiger partial charge in [-0.05, 0) is 46.8 Å². The fraction of sp³-hybridized carbons (Fsp3) is 0. The first-order valence-corrected chi connectivity index (χ1v) is 12.9. The molecule has 0 aromatic heterocycles. The maximum Gasteiger partial charge on any atom is 1.00 e. The van der Waals surface area contributed by atoms with E-state index in [1.165, 1.54) is 42.5 Å². The molecule has 0 spiro atoms. The van der Waals surface area contributed by atoms with E-state index in [4.69, 9.17) is 5.73 Å². The standard InChI is InChI=1S/C24H19N3O6S2.2Na/c25-22-13-9-18-14-20(34(28,29)30)11-12-21(18)24(22)27-26-19-10-8-17(23(15-19)35(31,32)33)7-6-16-4-2-1-3-5-16;;/h1-15H,25H2,(H,28,29,30)(H,31,32,33);;/q;2*+1/p-2. The van der Waals surface area contributed by atoms with Crippen LogP contribution in [0.1, 0.15) is 11.1 Å². The number of anilines is 1. The molecule has 0 unspecified atom stereocenters. The number of rotatable bonds is 6. The van der Waals surface area contributed by atoms with Crippen LogP contribution < -0.4 is 64.8 Å². The monoisotopic (exact) mass is 553 g/mol. The third-order valence-corrected chi connectivity index (χ3v) is 6.79. The zero-order valence-electron chi connectivity index (χ0n) is 19.9. The summed E-state index contributed by atoms with van der Waals surface area (Å²) < 4.78 is 69.5. The first-order chi connectivity index (χ1) is 16.5. The molecule has 0 saturated carbocycles. The Labute approximate surface area is 258 Å². The smallest absolute Gasteiger partial charge is 0.744 e. The average Bonchev–Trinajstić information content (AvgIpc) is 2.81. The van der Waals surface area contributed by atoms with E-state index in [1.807, 2.05) is 30.3 Å². The first-order valence-electron chi connectivity index (χ1n) is 10.1. The van der Waals surface area contributed by atoms with Crippen molar-refractivity contribution < 1.29 is 85.1 Å². The van der Waals surface area contributed by atoms with E-state index < -0.39 is 30.0 Å². The molecule has 0 amide bonds. The van der Waals surface area contributed by atoms with E-state index >= 15 is 0 Å². The number of benzene rings is 4. The Morgan fingerprint density at radius 1 is 0.730 bits per heavy atom. The molecule has 37 heavy (non-hydrogen) atoms. The molecule has 0 radical (unpaired) electrons. The molecule has 178 valence electrons. The molecule has 0 aliphatic carbocycles. The SMILES string of the molecule is Nc1ccc2cc(S(=O)(=O)[O-])ccc2c1N=Nc1ccc(C=Cc2ccccc2)c(S(=O)(=O)[O-])c1.[Na+].[Na+]. The minimum absolute atomic E-state index is 0. The van der Waals surface area contributed by atoms with Crippen molar-refractivity contribution in [2.24, 2.45) is 10.2 Å². The number of nitrogens with zero attached hydrogens (tertiary/aromatic N) is 2. The van der Waals surface area contributed by atoms with E-state index in [1.54, 1.807) is 6.08 Å². The van der Waals surface area contributed by atoms with Gasteiger partial charge in [0.25, 0.3) is 0 Å². The largest absolute Gasteiger partial charge is 1.00 e. The van der Waals surface area contributed by atoms with Crippen molar-refractivity contribution in [1.82, 2.24) is 0 Å². The Bertz CT molecular complexity index is 1710. The molecule has 0 fully saturated rings. The first kappa shape index (κ1) is 31.3. The fourth-order valence-electron chi connectivity index (χ4n) is 3.37. The van der Waals surface area contributed by atoms with E-state index in [0.717, 1.165) is 17.7 Å². The van der Waals surface area contributed by atoms with Gasteiger partial charge < -0.3 is 14.8 Å². The van der Waals surface area contributed by atoms with E-state index in [9.17, 15) is 25.9 Å². The number of nitrogens with two attached hydrogens (primary N) is 1. The summed E-state index contributed by atoms with van der Waals surface area (Å²) in [7, 11) is -9.46. The summed E-state index contributed by atoms with van der Waals surface area (Å²) in [5.74, 6) is 0. The summed E-state index contributed by atoms with van der Waals surface area (Å²) >= 11 is 0. The van der Waals surface area contributed by atoms with E-state index in [0.29, 0.717) is 10.8 Å². The number of azo groups is 1. The van der Waals surface area contributed by atoms with Gasteiger partial charge in [-0.1, -0.05) is 60.7 Å². The van der Waals surface area contributed by atoms with Crippen LogP contribution in [-0.4, -0.2) is 25.9 Å². The Morgan fingerprint density at radius 2 is 1.43 bits per heavy atom. The molecule has 2 N–H and O–H groups in total. The molecule has 13 heteroatoms. The molecule has 0 aliphatic heterocycles.